The number of carbonyl (C=O) groups excluding carboxylic acids is 1. The predicted octanol–water partition coefficient (Wildman–Crippen LogP) is 2.32. The van der Waals surface area contributed by atoms with E-state index in [1.165, 1.54) is 17.5 Å². The summed E-state index contributed by atoms with van der Waals surface area (Å²) in [5.41, 5.74) is 0. The second-order valence-electron chi connectivity index (χ2n) is 4.86. The zero-order valence-electron chi connectivity index (χ0n) is 11.5. The van der Waals surface area contributed by atoms with Gasteiger partial charge < -0.3 is 10.4 Å². The molecule has 0 bridgehead atoms. The van der Waals surface area contributed by atoms with Crippen molar-refractivity contribution in [1.82, 2.24) is 10.3 Å². The summed E-state index contributed by atoms with van der Waals surface area (Å²) in [5.74, 6) is -1.15. The highest BCUT2D eigenvalue weighted by Gasteiger charge is 2.22. The summed E-state index contributed by atoms with van der Waals surface area (Å²) in [4.78, 5) is 27.7. The van der Waals surface area contributed by atoms with Crippen molar-refractivity contribution < 1.29 is 14.7 Å². The summed E-state index contributed by atoms with van der Waals surface area (Å²) < 4.78 is 0. The molecule has 106 valence electrons. The maximum absolute atomic E-state index is 12.0. The zero-order chi connectivity index (χ0) is 14.4. The number of hydrogen-bond acceptors (Lipinski definition) is 4. The van der Waals surface area contributed by atoms with E-state index >= 15 is 0 Å². The van der Waals surface area contributed by atoms with Gasteiger partial charge in [0, 0.05) is 0 Å². The Bertz CT molecular complexity index is 443. The van der Waals surface area contributed by atoms with Crippen molar-refractivity contribution in [2.45, 2.75) is 46.1 Å². The molecule has 0 aromatic carbocycles. The van der Waals surface area contributed by atoms with E-state index < -0.39 is 12.0 Å². The van der Waals surface area contributed by atoms with E-state index in [1.54, 1.807) is 0 Å². The molecule has 0 spiro atoms. The molecule has 0 aliphatic rings. The topological polar surface area (TPSA) is 79.3 Å². The lowest BCUT2D eigenvalue weighted by molar-refractivity contribution is -0.139. The van der Waals surface area contributed by atoms with Crippen molar-refractivity contribution in [3.05, 3.63) is 16.1 Å². The summed E-state index contributed by atoms with van der Waals surface area (Å²) in [6.45, 7) is 5.90. The first kappa shape index (κ1) is 15.6. The average Bonchev–Trinajstić information content (AvgIpc) is 2.76. The minimum absolute atomic E-state index is 0.207. The van der Waals surface area contributed by atoms with E-state index in [1.807, 2.05) is 20.8 Å². The molecule has 0 radical (unpaired) electrons. The maximum Gasteiger partial charge on any atom is 0.326 e. The molecule has 1 atom stereocenters. The molecule has 0 saturated carbocycles. The SMILES string of the molecule is CCCc1ncc(C(=O)N[C@H](CC(C)C)C(=O)O)s1. The van der Waals surface area contributed by atoms with Crippen LogP contribution in [-0.4, -0.2) is 28.0 Å². The fraction of sp³-hybridized carbons (Fsp3) is 0.615. The molecule has 2 N–H and O–H groups in total. The number of carboxylic acids is 1. The molecule has 0 saturated heterocycles. The van der Waals surface area contributed by atoms with Gasteiger partial charge in [-0.2, -0.15) is 0 Å². The van der Waals surface area contributed by atoms with E-state index in [4.69, 9.17) is 5.11 Å². The highest BCUT2D eigenvalue weighted by molar-refractivity contribution is 7.13. The molecular weight excluding hydrogens is 264 g/mol. The summed E-state index contributed by atoms with van der Waals surface area (Å²) in [6, 6.07) is -0.843. The van der Waals surface area contributed by atoms with Crippen LogP contribution >= 0.6 is 11.3 Å². The van der Waals surface area contributed by atoms with Gasteiger partial charge in [-0.3, -0.25) is 4.79 Å². The molecule has 0 fully saturated rings. The molecule has 0 aliphatic carbocycles. The van der Waals surface area contributed by atoms with Crippen LogP contribution in [0.3, 0.4) is 0 Å². The summed E-state index contributed by atoms with van der Waals surface area (Å²) in [7, 11) is 0. The summed E-state index contributed by atoms with van der Waals surface area (Å²) in [6.07, 6.45) is 3.74. The number of aromatic nitrogens is 1. The maximum atomic E-state index is 12.0. The molecule has 5 nitrogen and oxygen atoms in total. The molecule has 1 heterocycles. The first-order valence-electron chi connectivity index (χ1n) is 6.42. The number of nitrogens with one attached hydrogen (secondary N) is 1. The number of hydrogen-bond donors (Lipinski definition) is 2. The van der Waals surface area contributed by atoms with Crippen LogP contribution in [0.2, 0.25) is 0 Å². The van der Waals surface area contributed by atoms with Crippen molar-refractivity contribution in [2.24, 2.45) is 5.92 Å². The number of aliphatic carboxylic acids is 1. The third-order valence-electron chi connectivity index (χ3n) is 2.55. The highest BCUT2D eigenvalue weighted by atomic mass is 32.1. The van der Waals surface area contributed by atoms with E-state index in [0.717, 1.165) is 17.8 Å². The van der Waals surface area contributed by atoms with Gasteiger partial charge in [-0.25, -0.2) is 9.78 Å². The normalized spacial score (nSPS) is 12.4. The van der Waals surface area contributed by atoms with Gasteiger partial charge in [-0.15, -0.1) is 11.3 Å². The fourth-order valence-corrected chi connectivity index (χ4v) is 2.59. The van der Waals surface area contributed by atoms with Crippen LogP contribution < -0.4 is 5.32 Å². The van der Waals surface area contributed by atoms with Crippen molar-refractivity contribution in [3.63, 3.8) is 0 Å². The molecule has 6 heteroatoms. The lowest BCUT2D eigenvalue weighted by atomic mass is 10.0. The van der Waals surface area contributed by atoms with Crippen molar-refractivity contribution in [1.29, 1.82) is 0 Å². The predicted molar refractivity (Wildman–Crippen MR) is 74.5 cm³/mol. The van der Waals surface area contributed by atoms with Crippen LogP contribution in [0.25, 0.3) is 0 Å². The van der Waals surface area contributed by atoms with Crippen molar-refractivity contribution in [3.8, 4) is 0 Å². The van der Waals surface area contributed by atoms with Gasteiger partial charge in [0.05, 0.1) is 11.2 Å². The molecular formula is C13H20N2O3S. The first-order valence-corrected chi connectivity index (χ1v) is 7.24. The Hall–Kier alpha value is -1.43. The summed E-state index contributed by atoms with van der Waals surface area (Å²) in [5, 5.41) is 12.5. The van der Waals surface area contributed by atoms with Gasteiger partial charge >= 0.3 is 5.97 Å². The molecule has 1 aromatic heterocycles. The van der Waals surface area contributed by atoms with Gasteiger partial charge in [-0.05, 0) is 25.2 Å². The molecule has 0 aliphatic heterocycles. The van der Waals surface area contributed by atoms with Crippen LogP contribution in [0.1, 0.15) is 48.3 Å². The van der Waals surface area contributed by atoms with Crippen LogP contribution in [0.15, 0.2) is 6.20 Å². The van der Waals surface area contributed by atoms with Crippen molar-refractivity contribution in [2.75, 3.05) is 0 Å². The highest BCUT2D eigenvalue weighted by Crippen LogP contribution is 2.15. The zero-order valence-corrected chi connectivity index (χ0v) is 12.3. The quantitative estimate of drug-likeness (QED) is 0.805. The van der Waals surface area contributed by atoms with E-state index in [-0.39, 0.29) is 11.8 Å². The molecule has 1 rings (SSSR count). The monoisotopic (exact) mass is 284 g/mol. The first-order chi connectivity index (χ1) is 8.93. The second kappa shape index (κ2) is 7.23. The van der Waals surface area contributed by atoms with Gasteiger partial charge in [0.1, 0.15) is 10.9 Å². The van der Waals surface area contributed by atoms with Crippen LogP contribution in [-0.2, 0) is 11.2 Å². The third kappa shape index (κ3) is 4.98. The Morgan fingerprint density at radius 1 is 1.47 bits per heavy atom. The number of nitrogens with zero attached hydrogens (tertiary/aromatic N) is 1. The van der Waals surface area contributed by atoms with E-state index in [0.29, 0.717) is 11.3 Å². The van der Waals surface area contributed by atoms with E-state index in [9.17, 15) is 9.59 Å². The van der Waals surface area contributed by atoms with Gasteiger partial charge in [0.25, 0.3) is 5.91 Å². The Morgan fingerprint density at radius 2 is 2.16 bits per heavy atom. The summed E-state index contributed by atoms with van der Waals surface area (Å²) >= 11 is 1.32. The van der Waals surface area contributed by atoms with E-state index in [2.05, 4.69) is 10.3 Å². The van der Waals surface area contributed by atoms with Crippen LogP contribution in [0.4, 0.5) is 0 Å². The lowest BCUT2D eigenvalue weighted by Crippen LogP contribution is -2.41. The van der Waals surface area contributed by atoms with Gasteiger partial charge in [0.2, 0.25) is 0 Å². The minimum atomic E-state index is -1.000. The number of aryl methyl sites for hydroxylation is 1. The number of rotatable bonds is 7. The molecule has 1 amide bonds. The number of carbonyl (C=O) groups is 2. The number of carboxylic acid groups (broad SMARTS) is 1. The standard InChI is InChI=1S/C13H20N2O3S/c1-4-5-11-14-7-10(19-11)12(16)15-9(13(17)18)6-8(2)3/h7-9H,4-6H2,1-3H3,(H,15,16)(H,17,18)/t9-/m1/s1. The fourth-order valence-electron chi connectivity index (χ4n) is 1.67. The van der Waals surface area contributed by atoms with Gasteiger partial charge in [0.15, 0.2) is 0 Å². The third-order valence-corrected chi connectivity index (χ3v) is 3.61. The Kier molecular flexibility index (Phi) is 5.95. The number of amides is 1. The smallest absolute Gasteiger partial charge is 0.326 e. The molecule has 0 unspecified atom stereocenters. The van der Waals surface area contributed by atoms with Crippen LogP contribution in [0.5, 0.6) is 0 Å². The van der Waals surface area contributed by atoms with Crippen molar-refractivity contribution >= 4 is 23.2 Å². The second-order valence-corrected chi connectivity index (χ2v) is 5.98. The molecule has 1 aromatic rings. The van der Waals surface area contributed by atoms with Gasteiger partial charge in [-0.1, -0.05) is 20.8 Å². The Morgan fingerprint density at radius 3 is 2.68 bits per heavy atom. The molecule has 19 heavy (non-hydrogen) atoms. The average molecular weight is 284 g/mol. The minimum Gasteiger partial charge on any atom is -0.480 e. The Labute approximate surface area is 117 Å². The largest absolute Gasteiger partial charge is 0.480 e. The van der Waals surface area contributed by atoms with Crippen LogP contribution in [0, 0.1) is 5.92 Å². The lowest BCUT2D eigenvalue weighted by Gasteiger charge is -2.15. The Balaban J connectivity index is 2.67. The number of thiazole rings is 1.